The molecule has 2 rings (SSSR count). The molecule has 0 aliphatic carbocycles. The average molecular weight is 406 g/mol. The summed E-state index contributed by atoms with van der Waals surface area (Å²) in [5, 5.41) is 11.1. The number of anilines is 1. The van der Waals surface area contributed by atoms with Crippen molar-refractivity contribution in [3.8, 4) is 5.75 Å². The number of ether oxygens (including phenoxy) is 1. The lowest BCUT2D eigenvalue weighted by Crippen LogP contribution is -2.18. The van der Waals surface area contributed by atoms with Crippen LogP contribution in [-0.4, -0.2) is 39.1 Å². The van der Waals surface area contributed by atoms with Gasteiger partial charge in [-0.25, -0.2) is 8.42 Å². The van der Waals surface area contributed by atoms with E-state index in [1.54, 1.807) is 25.1 Å². The number of hydrogen-bond donors (Lipinski definition) is 3. The van der Waals surface area contributed by atoms with Crippen LogP contribution < -0.4 is 14.8 Å². The van der Waals surface area contributed by atoms with Crippen molar-refractivity contribution in [2.45, 2.75) is 24.7 Å². The van der Waals surface area contributed by atoms with E-state index in [2.05, 4.69) is 10.0 Å². The summed E-state index contributed by atoms with van der Waals surface area (Å²) in [6.07, 6.45) is 0.364. The number of hydrogen-bond acceptors (Lipinski definition) is 5. The molecule has 150 valence electrons. The molecule has 0 bridgehead atoms. The van der Waals surface area contributed by atoms with Gasteiger partial charge in [-0.3, -0.25) is 14.3 Å². The van der Waals surface area contributed by atoms with Crippen LogP contribution in [0.15, 0.2) is 47.4 Å². The monoisotopic (exact) mass is 406 g/mol. The molecule has 9 heteroatoms. The fraction of sp³-hybridized carbons (Fsp3) is 0.263. The summed E-state index contributed by atoms with van der Waals surface area (Å²) in [4.78, 5) is 22.3. The third-order valence-electron chi connectivity index (χ3n) is 3.85. The maximum absolute atomic E-state index is 12.6. The summed E-state index contributed by atoms with van der Waals surface area (Å²) in [5.41, 5.74) is 1.22. The highest BCUT2D eigenvalue weighted by molar-refractivity contribution is 7.92. The van der Waals surface area contributed by atoms with Crippen molar-refractivity contribution < 1.29 is 27.9 Å². The van der Waals surface area contributed by atoms with E-state index in [9.17, 15) is 18.0 Å². The van der Waals surface area contributed by atoms with Crippen LogP contribution in [0, 0.1) is 6.92 Å². The Balaban J connectivity index is 2.12. The van der Waals surface area contributed by atoms with E-state index in [-0.39, 0.29) is 29.5 Å². The summed E-state index contributed by atoms with van der Waals surface area (Å²) in [5.74, 6) is -0.722. The first-order valence-electron chi connectivity index (χ1n) is 8.53. The quantitative estimate of drug-likeness (QED) is 0.550. The second kappa shape index (κ2) is 9.23. The molecule has 8 nitrogen and oxygen atoms in total. The number of benzene rings is 2. The summed E-state index contributed by atoms with van der Waals surface area (Å²) >= 11 is 0. The van der Waals surface area contributed by atoms with Crippen molar-refractivity contribution >= 4 is 27.6 Å². The molecule has 0 unspecified atom stereocenters. The molecule has 0 fully saturated rings. The normalized spacial score (nSPS) is 10.9. The van der Waals surface area contributed by atoms with Gasteiger partial charge in [0.15, 0.2) is 0 Å². The van der Waals surface area contributed by atoms with Gasteiger partial charge in [0.1, 0.15) is 5.75 Å². The van der Waals surface area contributed by atoms with Crippen molar-refractivity contribution in [3.05, 3.63) is 53.6 Å². The molecule has 0 radical (unpaired) electrons. The highest BCUT2D eigenvalue weighted by atomic mass is 32.2. The molecule has 0 heterocycles. The van der Waals surface area contributed by atoms with Gasteiger partial charge in [-0.05, 0) is 55.3 Å². The maximum Gasteiger partial charge on any atom is 0.303 e. The molecule has 3 N–H and O–H groups in total. The van der Waals surface area contributed by atoms with Crippen molar-refractivity contribution in [2.75, 3.05) is 18.4 Å². The zero-order valence-corrected chi connectivity index (χ0v) is 16.4. The van der Waals surface area contributed by atoms with Gasteiger partial charge in [0.2, 0.25) is 0 Å². The Morgan fingerprint density at radius 3 is 2.54 bits per heavy atom. The lowest BCUT2D eigenvalue weighted by atomic mass is 10.2. The highest BCUT2D eigenvalue weighted by Crippen LogP contribution is 2.24. The van der Waals surface area contributed by atoms with Gasteiger partial charge in [-0.1, -0.05) is 6.07 Å². The summed E-state index contributed by atoms with van der Waals surface area (Å²) in [7, 11) is -2.36. The van der Waals surface area contributed by atoms with E-state index in [1.165, 1.54) is 31.3 Å². The van der Waals surface area contributed by atoms with Gasteiger partial charge in [0.05, 0.1) is 11.5 Å². The lowest BCUT2D eigenvalue weighted by Gasteiger charge is -2.12. The molecule has 0 saturated heterocycles. The first-order valence-corrected chi connectivity index (χ1v) is 10.0. The number of carboxylic acids is 1. The largest absolute Gasteiger partial charge is 0.493 e. The topological polar surface area (TPSA) is 122 Å². The van der Waals surface area contributed by atoms with Crippen LogP contribution in [0.2, 0.25) is 0 Å². The SMILES string of the molecule is CNC(=O)c1cccc(NS(=O)(=O)c2ccc(OCCCC(=O)O)c(C)c2)c1. The first-order chi connectivity index (χ1) is 13.2. The molecule has 0 aromatic heterocycles. The molecule has 2 aromatic carbocycles. The Labute approximate surface area is 163 Å². The Kier molecular flexibility index (Phi) is 7.00. The van der Waals surface area contributed by atoms with E-state index in [0.717, 1.165) is 0 Å². The number of carbonyl (C=O) groups is 2. The summed E-state index contributed by atoms with van der Waals surface area (Å²) < 4.78 is 33.2. The second-order valence-electron chi connectivity index (χ2n) is 6.04. The van der Waals surface area contributed by atoms with Crippen molar-refractivity contribution in [2.24, 2.45) is 0 Å². The molecular weight excluding hydrogens is 384 g/mol. The standard InChI is InChI=1S/C19H22N2O6S/c1-13-11-16(8-9-17(13)27-10-4-7-18(22)23)28(25,26)21-15-6-3-5-14(12-15)19(24)20-2/h3,5-6,8-9,11-12,21H,4,7,10H2,1-2H3,(H,20,24)(H,22,23). The minimum Gasteiger partial charge on any atom is -0.493 e. The number of carbonyl (C=O) groups excluding carboxylic acids is 1. The fourth-order valence-electron chi connectivity index (χ4n) is 2.44. The number of rotatable bonds is 9. The van der Waals surface area contributed by atoms with Crippen LogP contribution in [0.5, 0.6) is 5.75 Å². The van der Waals surface area contributed by atoms with Gasteiger partial charge in [0.25, 0.3) is 15.9 Å². The van der Waals surface area contributed by atoms with Gasteiger partial charge in [-0.2, -0.15) is 0 Å². The minimum absolute atomic E-state index is 0.00451. The Morgan fingerprint density at radius 1 is 1.14 bits per heavy atom. The van der Waals surface area contributed by atoms with Crippen molar-refractivity contribution in [1.82, 2.24) is 5.32 Å². The zero-order valence-electron chi connectivity index (χ0n) is 15.6. The van der Waals surface area contributed by atoms with E-state index >= 15 is 0 Å². The average Bonchev–Trinajstić information content (AvgIpc) is 2.65. The first kappa shape index (κ1) is 21.2. The molecule has 1 amide bonds. The second-order valence-corrected chi connectivity index (χ2v) is 7.72. The molecule has 0 atom stereocenters. The predicted octanol–water partition coefficient (Wildman–Crippen LogP) is 2.40. The molecule has 0 aliphatic heterocycles. The number of amides is 1. The van der Waals surface area contributed by atoms with Gasteiger partial charge in [0, 0.05) is 24.7 Å². The van der Waals surface area contributed by atoms with Crippen LogP contribution in [-0.2, 0) is 14.8 Å². The number of carboxylic acid groups (broad SMARTS) is 1. The van der Waals surface area contributed by atoms with Crippen molar-refractivity contribution in [3.63, 3.8) is 0 Å². The number of aryl methyl sites for hydroxylation is 1. The maximum atomic E-state index is 12.6. The van der Waals surface area contributed by atoms with E-state index in [1.807, 2.05) is 0 Å². The van der Waals surface area contributed by atoms with Crippen LogP contribution in [0.3, 0.4) is 0 Å². The predicted molar refractivity (Wildman–Crippen MR) is 104 cm³/mol. The third-order valence-corrected chi connectivity index (χ3v) is 5.23. The Morgan fingerprint density at radius 2 is 1.89 bits per heavy atom. The molecular formula is C19H22N2O6S. The van der Waals surface area contributed by atoms with Crippen LogP contribution in [0.1, 0.15) is 28.8 Å². The summed E-state index contributed by atoms with van der Waals surface area (Å²) in [6.45, 7) is 1.93. The number of sulfonamides is 1. The van der Waals surface area contributed by atoms with Crippen LogP contribution in [0.4, 0.5) is 5.69 Å². The fourth-order valence-corrected chi connectivity index (χ4v) is 3.57. The third kappa shape index (κ3) is 5.71. The minimum atomic E-state index is -3.85. The van der Waals surface area contributed by atoms with Gasteiger partial charge >= 0.3 is 5.97 Å². The van der Waals surface area contributed by atoms with Crippen LogP contribution in [0.25, 0.3) is 0 Å². The highest BCUT2D eigenvalue weighted by Gasteiger charge is 2.16. The summed E-state index contributed by atoms with van der Waals surface area (Å²) in [6, 6.07) is 10.6. The van der Waals surface area contributed by atoms with Gasteiger partial charge in [-0.15, -0.1) is 0 Å². The lowest BCUT2D eigenvalue weighted by molar-refractivity contribution is -0.137. The van der Waals surface area contributed by atoms with Crippen molar-refractivity contribution in [1.29, 1.82) is 0 Å². The molecule has 28 heavy (non-hydrogen) atoms. The van der Waals surface area contributed by atoms with E-state index in [0.29, 0.717) is 23.3 Å². The van der Waals surface area contributed by atoms with E-state index in [4.69, 9.17) is 9.84 Å². The molecule has 0 spiro atoms. The number of nitrogens with one attached hydrogen (secondary N) is 2. The molecule has 2 aromatic rings. The Hall–Kier alpha value is -3.07. The van der Waals surface area contributed by atoms with E-state index < -0.39 is 16.0 Å². The zero-order chi connectivity index (χ0) is 20.7. The smallest absolute Gasteiger partial charge is 0.303 e. The van der Waals surface area contributed by atoms with Crippen LogP contribution >= 0.6 is 0 Å². The Bertz CT molecular complexity index is 972. The number of aliphatic carboxylic acids is 1. The molecule has 0 aliphatic rings. The van der Waals surface area contributed by atoms with Gasteiger partial charge < -0.3 is 15.2 Å². The molecule has 0 saturated carbocycles.